The number of amides is 2. The molecule has 0 bridgehead atoms. The van der Waals surface area contributed by atoms with Gasteiger partial charge in [-0.3, -0.25) is 14.0 Å². The number of ether oxygens (including phenoxy) is 3. The number of aromatic nitrogens is 3. The van der Waals surface area contributed by atoms with Crippen molar-refractivity contribution < 1.29 is 23.8 Å². The summed E-state index contributed by atoms with van der Waals surface area (Å²) in [5.74, 6) is 1.23. The molecular formula is C31H33N5O5S. The summed E-state index contributed by atoms with van der Waals surface area (Å²) in [6, 6.07) is 19.0. The summed E-state index contributed by atoms with van der Waals surface area (Å²) < 4.78 is 17.7. The summed E-state index contributed by atoms with van der Waals surface area (Å²) in [6.45, 7) is 1.59. The monoisotopic (exact) mass is 587 g/mol. The minimum atomic E-state index is -0.197. The summed E-state index contributed by atoms with van der Waals surface area (Å²) >= 11 is 1.34. The van der Waals surface area contributed by atoms with Gasteiger partial charge in [0.15, 0.2) is 16.7 Å². The summed E-state index contributed by atoms with van der Waals surface area (Å²) in [5, 5.41) is 7.36. The molecule has 5 aromatic rings. The highest BCUT2D eigenvalue weighted by atomic mass is 32.2. The van der Waals surface area contributed by atoms with Crippen molar-refractivity contribution in [3.05, 3.63) is 71.8 Å². The molecule has 10 nitrogen and oxygen atoms in total. The Kier molecular flexibility index (Phi) is 9.40. The number of para-hydroxylation sites is 2. The lowest BCUT2D eigenvalue weighted by Gasteiger charge is -2.11. The lowest BCUT2D eigenvalue weighted by Crippen LogP contribution is -2.27. The second kappa shape index (κ2) is 13.5. The lowest BCUT2D eigenvalue weighted by molar-refractivity contribution is -0.118. The van der Waals surface area contributed by atoms with Gasteiger partial charge in [0.05, 0.1) is 36.5 Å². The van der Waals surface area contributed by atoms with Crippen LogP contribution in [0.15, 0.2) is 65.8 Å². The summed E-state index contributed by atoms with van der Waals surface area (Å²) in [6.07, 6.45) is 1.38. The van der Waals surface area contributed by atoms with Gasteiger partial charge in [-0.15, -0.1) is 0 Å². The standard InChI is InChI=1S/C31H33N5O5S/c1-39-16-6-14-32-28(37)19-42-31-35-24-18-21(10-11-22(24)29-34-23-7-4-5-8-25(23)36(29)31)30(38)33-15-13-20-9-12-26(40-2)27(17-20)41-3/h4-5,7-12,17-18H,6,13-16,19H2,1-3H3,(H,32,37)(H,33,38). The topological polar surface area (TPSA) is 116 Å². The molecule has 5 rings (SSSR count). The molecule has 2 heterocycles. The van der Waals surface area contributed by atoms with Gasteiger partial charge in [0, 0.05) is 37.8 Å². The molecule has 2 aromatic heterocycles. The number of rotatable bonds is 13. The highest BCUT2D eigenvalue weighted by Gasteiger charge is 2.17. The molecule has 0 saturated carbocycles. The third-order valence-corrected chi connectivity index (χ3v) is 7.73. The number of carbonyl (C=O) groups is 2. The number of imidazole rings is 1. The Bertz CT molecular complexity index is 1740. The first kappa shape index (κ1) is 29.2. The fourth-order valence-corrected chi connectivity index (χ4v) is 5.53. The molecule has 11 heteroatoms. The van der Waals surface area contributed by atoms with Gasteiger partial charge in [-0.25, -0.2) is 9.97 Å². The van der Waals surface area contributed by atoms with Crippen LogP contribution in [-0.2, 0) is 16.0 Å². The molecule has 218 valence electrons. The smallest absolute Gasteiger partial charge is 0.251 e. The number of nitrogens with one attached hydrogen (secondary N) is 2. The van der Waals surface area contributed by atoms with Crippen LogP contribution in [0, 0.1) is 0 Å². The summed E-state index contributed by atoms with van der Waals surface area (Å²) in [4.78, 5) is 35.3. The molecule has 0 aliphatic heterocycles. The lowest BCUT2D eigenvalue weighted by atomic mass is 10.1. The van der Waals surface area contributed by atoms with Crippen molar-refractivity contribution in [2.75, 3.05) is 46.8 Å². The molecular weight excluding hydrogens is 554 g/mol. The van der Waals surface area contributed by atoms with Gasteiger partial charge in [0.25, 0.3) is 5.91 Å². The summed E-state index contributed by atoms with van der Waals surface area (Å²) in [5.41, 5.74) is 4.61. The predicted molar refractivity (Wildman–Crippen MR) is 164 cm³/mol. The molecule has 0 aliphatic rings. The SMILES string of the molecule is COCCCNC(=O)CSc1nc2cc(C(=O)NCCc3ccc(OC)c(OC)c3)ccc2c2nc3ccccc3n12. The van der Waals surface area contributed by atoms with Crippen LogP contribution in [0.25, 0.3) is 27.6 Å². The molecule has 0 fully saturated rings. The number of nitrogens with zero attached hydrogens (tertiary/aromatic N) is 3. The predicted octanol–water partition coefficient (Wildman–Crippen LogP) is 4.27. The van der Waals surface area contributed by atoms with Crippen molar-refractivity contribution in [3.63, 3.8) is 0 Å². The highest BCUT2D eigenvalue weighted by Crippen LogP contribution is 2.30. The highest BCUT2D eigenvalue weighted by molar-refractivity contribution is 7.99. The fraction of sp³-hybridized carbons (Fsp3) is 0.290. The second-order valence-corrected chi connectivity index (χ2v) is 10.5. The number of hydrogen-bond acceptors (Lipinski definition) is 8. The third kappa shape index (κ3) is 6.42. The van der Waals surface area contributed by atoms with Crippen LogP contribution in [0.2, 0.25) is 0 Å². The molecule has 3 aromatic carbocycles. The zero-order valence-electron chi connectivity index (χ0n) is 23.8. The zero-order valence-corrected chi connectivity index (χ0v) is 24.6. The zero-order chi connectivity index (χ0) is 29.5. The van der Waals surface area contributed by atoms with Crippen LogP contribution in [0.3, 0.4) is 0 Å². The van der Waals surface area contributed by atoms with E-state index in [1.807, 2.05) is 52.9 Å². The fourth-order valence-electron chi connectivity index (χ4n) is 4.69. The van der Waals surface area contributed by atoms with E-state index in [2.05, 4.69) is 10.6 Å². The molecule has 2 amide bonds. The van der Waals surface area contributed by atoms with Crippen molar-refractivity contribution in [1.82, 2.24) is 25.0 Å². The van der Waals surface area contributed by atoms with Crippen molar-refractivity contribution in [3.8, 4) is 11.5 Å². The van der Waals surface area contributed by atoms with Crippen LogP contribution in [0.1, 0.15) is 22.3 Å². The third-order valence-electron chi connectivity index (χ3n) is 6.80. The Morgan fingerprint density at radius 3 is 2.52 bits per heavy atom. The van der Waals surface area contributed by atoms with Crippen molar-refractivity contribution in [1.29, 1.82) is 0 Å². The maximum absolute atomic E-state index is 13.1. The van der Waals surface area contributed by atoms with Crippen LogP contribution in [0.5, 0.6) is 11.5 Å². The maximum Gasteiger partial charge on any atom is 0.251 e. The van der Waals surface area contributed by atoms with Gasteiger partial charge >= 0.3 is 0 Å². The van der Waals surface area contributed by atoms with E-state index in [0.717, 1.165) is 34.1 Å². The van der Waals surface area contributed by atoms with Gasteiger partial charge in [0.1, 0.15) is 5.65 Å². The van der Waals surface area contributed by atoms with Crippen LogP contribution in [0.4, 0.5) is 0 Å². The van der Waals surface area contributed by atoms with E-state index in [1.165, 1.54) is 11.8 Å². The van der Waals surface area contributed by atoms with E-state index in [0.29, 0.717) is 53.9 Å². The molecule has 0 saturated heterocycles. The number of hydrogen-bond donors (Lipinski definition) is 2. The second-order valence-electron chi connectivity index (χ2n) is 9.57. The Labute approximate surface area is 247 Å². The Balaban J connectivity index is 1.36. The Morgan fingerprint density at radius 2 is 1.71 bits per heavy atom. The first-order valence-electron chi connectivity index (χ1n) is 13.6. The Morgan fingerprint density at radius 1 is 0.881 bits per heavy atom. The van der Waals surface area contributed by atoms with E-state index in [-0.39, 0.29) is 17.6 Å². The van der Waals surface area contributed by atoms with E-state index >= 15 is 0 Å². The number of carbonyl (C=O) groups excluding carboxylic acids is 2. The first-order valence-corrected chi connectivity index (χ1v) is 14.6. The number of benzene rings is 3. The summed E-state index contributed by atoms with van der Waals surface area (Å²) in [7, 11) is 4.83. The van der Waals surface area contributed by atoms with Crippen molar-refractivity contribution in [2.45, 2.75) is 18.0 Å². The Hall–Kier alpha value is -4.35. The van der Waals surface area contributed by atoms with Gasteiger partial charge < -0.3 is 24.8 Å². The molecule has 0 atom stereocenters. The first-order chi connectivity index (χ1) is 20.5. The van der Waals surface area contributed by atoms with Gasteiger partial charge in [-0.2, -0.15) is 0 Å². The van der Waals surface area contributed by atoms with Crippen LogP contribution >= 0.6 is 11.8 Å². The molecule has 2 N–H and O–H groups in total. The molecule has 0 aliphatic carbocycles. The largest absolute Gasteiger partial charge is 0.493 e. The average Bonchev–Trinajstić information content (AvgIpc) is 3.41. The van der Waals surface area contributed by atoms with Crippen molar-refractivity contribution >= 4 is 51.2 Å². The van der Waals surface area contributed by atoms with Gasteiger partial charge in [-0.1, -0.05) is 30.0 Å². The van der Waals surface area contributed by atoms with Crippen molar-refractivity contribution in [2.24, 2.45) is 0 Å². The number of methoxy groups -OCH3 is 3. The minimum Gasteiger partial charge on any atom is -0.493 e. The number of fused-ring (bicyclic) bond motifs is 5. The van der Waals surface area contributed by atoms with Gasteiger partial charge in [-0.05, 0) is 60.9 Å². The van der Waals surface area contributed by atoms with E-state index in [9.17, 15) is 9.59 Å². The van der Waals surface area contributed by atoms with Gasteiger partial charge in [0.2, 0.25) is 5.91 Å². The maximum atomic E-state index is 13.1. The normalized spacial score (nSPS) is 11.2. The molecule has 0 spiro atoms. The van der Waals surface area contributed by atoms with Crippen LogP contribution in [-0.4, -0.2) is 73.0 Å². The van der Waals surface area contributed by atoms with Crippen LogP contribution < -0.4 is 20.1 Å². The van der Waals surface area contributed by atoms with E-state index in [1.54, 1.807) is 33.5 Å². The molecule has 0 unspecified atom stereocenters. The quantitative estimate of drug-likeness (QED) is 0.119. The minimum absolute atomic E-state index is 0.0850. The molecule has 0 radical (unpaired) electrons. The average molecular weight is 588 g/mol. The van der Waals surface area contributed by atoms with E-state index < -0.39 is 0 Å². The molecule has 42 heavy (non-hydrogen) atoms. The van der Waals surface area contributed by atoms with E-state index in [4.69, 9.17) is 24.2 Å². The number of thioether (sulfide) groups is 1.